The summed E-state index contributed by atoms with van der Waals surface area (Å²) < 4.78 is 18.6. The fraction of sp³-hybridized carbons (Fsp3) is 0.562. The third-order valence-corrected chi connectivity index (χ3v) is 4.32. The Morgan fingerprint density at radius 3 is 2.75 bits per heavy atom. The van der Waals surface area contributed by atoms with E-state index in [0.29, 0.717) is 5.56 Å². The molecule has 0 spiro atoms. The molecule has 0 saturated carbocycles. The lowest BCUT2D eigenvalue weighted by atomic mass is 9.70. The summed E-state index contributed by atoms with van der Waals surface area (Å²) in [6.07, 6.45) is 2.11. The van der Waals surface area contributed by atoms with Crippen LogP contribution in [0, 0.1) is 17.2 Å². The van der Waals surface area contributed by atoms with Gasteiger partial charge in [-0.3, -0.25) is 4.79 Å². The first-order valence-electron chi connectivity index (χ1n) is 7.06. The molecule has 1 N–H and O–H groups in total. The van der Waals surface area contributed by atoms with Crippen molar-refractivity contribution in [3.8, 4) is 5.75 Å². The van der Waals surface area contributed by atoms with Gasteiger partial charge in [0.1, 0.15) is 0 Å². The van der Waals surface area contributed by atoms with Crippen molar-refractivity contribution in [1.82, 2.24) is 5.32 Å². The van der Waals surface area contributed by atoms with Crippen LogP contribution in [0.15, 0.2) is 18.2 Å². The SMILES string of the molecule is COc1ccc(C(=O)C(C)(C)C2CCCNC2)cc1F. The van der Waals surface area contributed by atoms with Crippen LogP contribution < -0.4 is 10.1 Å². The van der Waals surface area contributed by atoms with E-state index >= 15 is 0 Å². The largest absolute Gasteiger partial charge is 0.494 e. The Morgan fingerprint density at radius 1 is 1.45 bits per heavy atom. The van der Waals surface area contributed by atoms with Crippen molar-refractivity contribution < 1.29 is 13.9 Å². The van der Waals surface area contributed by atoms with Gasteiger partial charge in [0.15, 0.2) is 17.3 Å². The molecule has 2 rings (SSSR count). The van der Waals surface area contributed by atoms with Crippen LogP contribution in [0.1, 0.15) is 37.0 Å². The summed E-state index contributed by atoms with van der Waals surface area (Å²) in [5.41, 5.74) is -0.0760. The van der Waals surface area contributed by atoms with E-state index in [4.69, 9.17) is 4.74 Å². The van der Waals surface area contributed by atoms with Crippen LogP contribution in [0.3, 0.4) is 0 Å². The highest BCUT2D eigenvalue weighted by molar-refractivity contribution is 6.00. The smallest absolute Gasteiger partial charge is 0.168 e. The molecule has 1 aromatic carbocycles. The number of ketones is 1. The predicted molar refractivity (Wildman–Crippen MR) is 76.7 cm³/mol. The summed E-state index contributed by atoms with van der Waals surface area (Å²) in [6, 6.07) is 4.43. The van der Waals surface area contributed by atoms with Crippen LogP contribution in [0.2, 0.25) is 0 Å². The van der Waals surface area contributed by atoms with E-state index in [-0.39, 0.29) is 17.5 Å². The van der Waals surface area contributed by atoms with Crippen molar-refractivity contribution in [2.45, 2.75) is 26.7 Å². The van der Waals surface area contributed by atoms with Crippen molar-refractivity contribution in [2.24, 2.45) is 11.3 Å². The molecular formula is C16H22FNO2. The molecule has 1 aliphatic heterocycles. The molecule has 0 radical (unpaired) electrons. The van der Waals surface area contributed by atoms with E-state index in [2.05, 4.69) is 5.32 Å². The van der Waals surface area contributed by atoms with E-state index in [1.165, 1.54) is 19.2 Å². The molecule has 1 atom stereocenters. The summed E-state index contributed by atoms with van der Waals surface area (Å²) in [7, 11) is 1.41. The van der Waals surface area contributed by atoms with Crippen molar-refractivity contribution in [3.05, 3.63) is 29.6 Å². The van der Waals surface area contributed by atoms with Gasteiger partial charge in [0.05, 0.1) is 7.11 Å². The van der Waals surface area contributed by atoms with Gasteiger partial charge in [0.2, 0.25) is 0 Å². The highest BCUT2D eigenvalue weighted by atomic mass is 19.1. The summed E-state index contributed by atoms with van der Waals surface area (Å²) >= 11 is 0. The number of carbonyl (C=O) groups is 1. The second-order valence-corrected chi connectivity index (χ2v) is 5.94. The Hall–Kier alpha value is -1.42. The number of hydrogen-bond acceptors (Lipinski definition) is 3. The number of ether oxygens (including phenoxy) is 1. The Morgan fingerprint density at radius 2 is 2.20 bits per heavy atom. The van der Waals surface area contributed by atoms with E-state index in [0.717, 1.165) is 25.9 Å². The fourth-order valence-corrected chi connectivity index (χ4v) is 2.83. The maximum Gasteiger partial charge on any atom is 0.168 e. The first-order valence-corrected chi connectivity index (χ1v) is 7.06. The van der Waals surface area contributed by atoms with Gasteiger partial charge in [-0.05, 0) is 50.0 Å². The van der Waals surface area contributed by atoms with Gasteiger partial charge >= 0.3 is 0 Å². The normalized spacial score (nSPS) is 19.7. The molecule has 0 aliphatic carbocycles. The van der Waals surface area contributed by atoms with Crippen LogP contribution >= 0.6 is 0 Å². The number of nitrogens with one attached hydrogen (secondary N) is 1. The molecule has 0 aromatic heterocycles. The number of piperidine rings is 1. The molecule has 1 fully saturated rings. The van der Waals surface area contributed by atoms with Gasteiger partial charge in [-0.15, -0.1) is 0 Å². The highest BCUT2D eigenvalue weighted by Gasteiger charge is 2.37. The van der Waals surface area contributed by atoms with Gasteiger partial charge in [-0.1, -0.05) is 13.8 Å². The van der Waals surface area contributed by atoms with Gasteiger partial charge in [-0.25, -0.2) is 4.39 Å². The molecule has 4 heteroatoms. The zero-order valence-corrected chi connectivity index (χ0v) is 12.3. The molecule has 1 aromatic rings. The van der Waals surface area contributed by atoms with Gasteiger partial charge in [-0.2, -0.15) is 0 Å². The zero-order valence-electron chi connectivity index (χ0n) is 12.3. The molecular weight excluding hydrogens is 257 g/mol. The molecule has 1 heterocycles. The molecule has 110 valence electrons. The number of hydrogen-bond donors (Lipinski definition) is 1. The zero-order chi connectivity index (χ0) is 14.8. The van der Waals surface area contributed by atoms with Crippen molar-refractivity contribution in [1.29, 1.82) is 0 Å². The minimum atomic E-state index is -0.492. The van der Waals surface area contributed by atoms with Crippen molar-refractivity contribution in [3.63, 3.8) is 0 Å². The molecule has 20 heavy (non-hydrogen) atoms. The first-order chi connectivity index (χ1) is 9.46. The third kappa shape index (κ3) is 2.85. The Bertz CT molecular complexity index is 493. The maximum atomic E-state index is 13.8. The summed E-state index contributed by atoms with van der Waals surface area (Å²) in [4.78, 5) is 12.7. The van der Waals surface area contributed by atoms with E-state index in [1.807, 2.05) is 13.8 Å². The number of Topliss-reactive ketones (excluding diaryl/α,β-unsaturated/α-hetero) is 1. The number of halogens is 1. The molecule has 3 nitrogen and oxygen atoms in total. The predicted octanol–water partition coefficient (Wildman–Crippen LogP) is 3.04. The number of methoxy groups -OCH3 is 1. The standard InChI is InChI=1S/C16H22FNO2/c1-16(2,12-5-4-8-18-10-12)15(19)11-6-7-14(20-3)13(17)9-11/h6-7,9,12,18H,4-5,8,10H2,1-3H3. The van der Waals surface area contributed by atoms with Crippen LogP contribution in [0.5, 0.6) is 5.75 Å². The second kappa shape index (κ2) is 5.92. The minimum Gasteiger partial charge on any atom is -0.494 e. The molecule has 1 saturated heterocycles. The maximum absolute atomic E-state index is 13.8. The van der Waals surface area contributed by atoms with Crippen molar-refractivity contribution >= 4 is 5.78 Å². The Balaban J connectivity index is 2.22. The number of benzene rings is 1. The van der Waals surface area contributed by atoms with Crippen LogP contribution in [0.25, 0.3) is 0 Å². The lowest BCUT2D eigenvalue weighted by Crippen LogP contribution is -2.42. The number of rotatable bonds is 4. The summed E-state index contributed by atoms with van der Waals surface area (Å²) in [6.45, 7) is 5.76. The number of carbonyl (C=O) groups excluding carboxylic acids is 1. The van der Waals surface area contributed by atoms with E-state index in [9.17, 15) is 9.18 Å². The highest BCUT2D eigenvalue weighted by Crippen LogP contribution is 2.35. The van der Waals surface area contributed by atoms with Crippen LogP contribution in [-0.2, 0) is 0 Å². The monoisotopic (exact) mass is 279 g/mol. The molecule has 1 unspecified atom stereocenters. The molecule has 0 bridgehead atoms. The average molecular weight is 279 g/mol. The minimum absolute atomic E-state index is 0.00671. The van der Waals surface area contributed by atoms with Gasteiger partial charge < -0.3 is 10.1 Å². The average Bonchev–Trinajstić information content (AvgIpc) is 2.47. The van der Waals surface area contributed by atoms with Gasteiger partial charge in [0, 0.05) is 11.0 Å². The fourth-order valence-electron chi connectivity index (χ4n) is 2.83. The summed E-state index contributed by atoms with van der Waals surface area (Å²) in [5.74, 6) is -0.0451. The van der Waals surface area contributed by atoms with Gasteiger partial charge in [0.25, 0.3) is 0 Å². The molecule has 1 aliphatic rings. The Kier molecular flexibility index (Phi) is 4.43. The van der Waals surface area contributed by atoms with Crippen molar-refractivity contribution in [2.75, 3.05) is 20.2 Å². The first kappa shape index (κ1) is 15.0. The van der Waals surface area contributed by atoms with E-state index < -0.39 is 11.2 Å². The lowest BCUT2D eigenvalue weighted by molar-refractivity contribution is 0.0708. The third-order valence-electron chi connectivity index (χ3n) is 4.32. The lowest BCUT2D eigenvalue weighted by Gasteiger charge is -2.36. The summed E-state index contributed by atoms with van der Waals surface area (Å²) in [5, 5.41) is 3.33. The quantitative estimate of drug-likeness (QED) is 0.861. The molecule has 0 amide bonds. The topological polar surface area (TPSA) is 38.3 Å². The van der Waals surface area contributed by atoms with Crippen LogP contribution in [0.4, 0.5) is 4.39 Å². The Labute approximate surface area is 119 Å². The second-order valence-electron chi connectivity index (χ2n) is 5.94. The van der Waals surface area contributed by atoms with E-state index in [1.54, 1.807) is 6.07 Å². The van der Waals surface area contributed by atoms with Crippen LogP contribution in [-0.4, -0.2) is 26.0 Å².